The molecule has 0 aliphatic heterocycles. The van der Waals surface area contributed by atoms with Gasteiger partial charge in [-0.05, 0) is 18.2 Å². The van der Waals surface area contributed by atoms with Crippen molar-refractivity contribution in [3.8, 4) is 0 Å². The highest BCUT2D eigenvalue weighted by Gasteiger charge is 2.20. The molecule has 1 rings (SSSR count). The van der Waals surface area contributed by atoms with Gasteiger partial charge in [0.25, 0.3) is 0 Å². The van der Waals surface area contributed by atoms with Gasteiger partial charge < -0.3 is 5.32 Å². The summed E-state index contributed by atoms with van der Waals surface area (Å²) in [5.41, 5.74) is -0.161. The molecule has 0 spiro atoms. The number of carbonyl (C=O) groups is 1. The minimum atomic E-state index is -1.21. The lowest BCUT2D eigenvalue weighted by Crippen LogP contribution is -2.23. The average molecular weight is 220 g/mol. The number of hydrogen-bond acceptors (Lipinski definition) is 1. The summed E-state index contributed by atoms with van der Waals surface area (Å²) < 4.78 is 25.8. The van der Waals surface area contributed by atoms with Crippen molar-refractivity contribution in [2.24, 2.45) is 0 Å². The van der Waals surface area contributed by atoms with Crippen LogP contribution in [0.2, 0.25) is 0 Å². The van der Waals surface area contributed by atoms with E-state index in [0.29, 0.717) is 0 Å². The van der Waals surface area contributed by atoms with E-state index in [0.717, 1.165) is 18.2 Å². The van der Waals surface area contributed by atoms with Crippen molar-refractivity contribution >= 4 is 17.5 Å². The van der Waals surface area contributed by atoms with Crippen molar-refractivity contribution in [2.75, 3.05) is 7.05 Å². The van der Waals surface area contributed by atoms with Gasteiger partial charge in [-0.15, -0.1) is 11.6 Å². The molecule has 14 heavy (non-hydrogen) atoms. The molecular formula is C9H8ClF2NO. The molecule has 1 amide bonds. The number of halogens is 3. The molecule has 1 atom stereocenters. The molecule has 0 radical (unpaired) electrons. The second kappa shape index (κ2) is 4.37. The largest absolute Gasteiger partial charge is 0.358 e. The lowest BCUT2D eigenvalue weighted by atomic mass is 10.1. The Morgan fingerprint density at radius 2 is 2.14 bits per heavy atom. The molecule has 76 valence electrons. The molecule has 0 bridgehead atoms. The number of rotatable bonds is 2. The third-order valence-corrected chi connectivity index (χ3v) is 2.14. The maximum atomic E-state index is 13.1. The Hall–Kier alpha value is -1.16. The fourth-order valence-electron chi connectivity index (χ4n) is 0.977. The minimum Gasteiger partial charge on any atom is -0.358 e. The highest BCUT2D eigenvalue weighted by molar-refractivity contribution is 6.30. The van der Waals surface area contributed by atoms with E-state index in [1.807, 2.05) is 0 Å². The second-order valence-electron chi connectivity index (χ2n) is 2.64. The number of alkyl halides is 1. The van der Waals surface area contributed by atoms with Crippen molar-refractivity contribution in [1.82, 2.24) is 5.32 Å². The molecule has 2 nitrogen and oxygen atoms in total. The zero-order valence-corrected chi connectivity index (χ0v) is 8.11. The average Bonchev–Trinajstić information content (AvgIpc) is 2.19. The summed E-state index contributed by atoms with van der Waals surface area (Å²) in [4.78, 5) is 11.0. The van der Waals surface area contributed by atoms with Crippen LogP contribution in [0.3, 0.4) is 0 Å². The number of likely N-dealkylation sites (N-methyl/N-ethyl adjacent to an activating group) is 1. The molecule has 5 heteroatoms. The van der Waals surface area contributed by atoms with Gasteiger partial charge in [0.15, 0.2) is 0 Å². The number of nitrogens with one attached hydrogen (secondary N) is 1. The quantitative estimate of drug-likeness (QED) is 0.758. The summed E-state index contributed by atoms with van der Waals surface area (Å²) >= 11 is 5.62. The van der Waals surface area contributed by atoms with Crippen molar-refractivity contribution in [1.29, 1.82) is 0 Å². The van der Waals surface area contributed by atoms with Crippen LogP contribution in [0.4, 0.5) is 8.78 Å². The Kier molecular flexibility index (Phi) is 3.41. The Bertz CT molecular complexity index is 357. The lowest BCUT2D eigenvalue weighted by molar-refractivity contribution is -0.120. The Balaban J connectivity index is 3.05. The predicted molar refractivity (Wildman–Crippen MR) is 49.0 cm³/mol. The molecule has 0 heterocycles. The minimum absolute atomic E-state index is 0.161. The molecule has 1 unspecified atom stereocenters. The summed E-state index contributed by atoms with van der Waals surface area (Å²) in [5.74, 6) is -1.90. The van der Waals surface area contributed by atoms with Gasteiger partial charge in [-0.2, -0.15) is 0 Å². The van der Waals surface area contributed by atoms with Crippen molar-refractivity contribution in [3.05, 3.63) is 35.4 Å². The fourth-order valence-corrected chi connectivity index (χ4v) is 1.25. The molecule has 0 saturated carbocycles. The molecule has 1 aromatic carbocycles. The number of hydrogen-bond donors (Lipinski definition) is 1. The molecule has 0 aliphatic carbocycles. The molecule has 1 aromatic rings. The summed E-state index contributed by atoms with van der Waals surface area (Å²) in [6, 6.07) is 2.80. The van der Waals surface area contributed by atoms with E-state index >= 15 is 0 Å². The van der Waals surface area contributed by atoms with Crippen LogP contribution in [0.5, 0.6) is 0 Å². The Morgan fingerprint density at radius 3 is 2.71 bits per heavy atom. The van der Waals surface area contributed by atoms with Gasteiger partial charge in [-0.1, -0.05) is 0 Å². The van der Waals surface area contributed by atoms with Crippen molar-refractivity contribution in [2.45, 2.75) is 5.38 Å². The van der Waals surface area contributed by atoms with Crippen LogP contribution in [0.25, 0.3) is 0 Å². The third kappa shape index (κ3) is 2.20. The van der Waals surface area contributed by atoms with Crippen molar-refractivity contribution < 1.29 is 13.6 Å². The molecule has 0 saturated heterocycles. The first-order valence-electron chi connectivity index (χ1n) is 3.87. The zero-order valence-electron chi connectivity index (χ0n) is 7.35. The predicted octanol–water partition coefficient (Wildman–Crippen LogP) is 1.99. The standard InChI is InChI=1S/C9H8ClF2NO/c1-13-9(14)8(10)6-4-5(11)2-3-7(6)12/h2-4,8H,1H3,(H,13,14). The molecular weight excluding hydrogens is 212 g/mol. The van der Waals surface area contributed by atoms with Crippen LogP contribution in [-0.4, -0.2) is 13.0 Å². The van der Waals surface area contributed by atoms with E-state index in [4.69, 9.17) is 11.6 Å². The summed E-state index contributed by atoms with van der Waals surface area (Å²) in [5, 5.41) is 1.04. The van der Waals surface area contributed by atoms with E-state index in [1.54, 1.807) is 0 Å². The first-order chi connectivity index (χ1) is 6.56. The molecule has 1 N–H and O–H groups in total. The maximum Gasteiger partial charge on any atom is 0.242 e. The fraction of sp³-hybridized carbons (Fsp3) is 0.222. The summed E-state index contributed by atoms with van der Waals surface area (Å²) in [6.07, 6.45) is 0. The van der Waals surface area contributed by atoms with Gasteiger partial charge in [0.1, 0.15) is 17.0 Å². The van der Waals surface area contributed by atoms with Crippen LogP contribution in [0.15, 0.2) is 18.2 Å². The van der Waals surface area contributed by atoms with Gasteiger partial charge in [-0.3, -0.25) is 4.79 Å². The van der Waals surface area contributed by atoms with Crippen LogP contribution in [0, 0.1) is 11.6 Å². The van der Waals surface area contributed by atoms with Gasteiger partial charge in [0.05, 0.1) is 0 Å². The van der Waals surface area contributed by atoms with E-state index < -0.39 is 22.9 Å². The monoisotopic (exact) mass is 219 g/mol. The van der Waals surface area contributed by atoms with Crippen LogP contribution in [0.1, 0.15) is 10.9 Å². The van der Waals surface area contributed by atoms with Gasteiger partial charge in [-0.25, -0.2) is 8.78 Å². The number of carbonyl (C=O) groups excluding carboxylic acids is 1. The Labute approximate surface area is 84.9 Å². The lowest BCUT2D eigenvalue weighted by Gasteiger charge is -2.08. The van der Waals surface area contributed by atoms with Crippen LogP contribution >= 0.6 is 11.6 Å². The van der Waals surface area contributed by atoms with Gasteiger partial charge in [0.2, 0.25) is 5.91 Å². The molecule has 0 aliphatic rings. The summed E-state index contributed by atoms with van der Waals surface area (Å²) in [6.45, 7) is 0. The summed E-state index contributed by atoms with van der Waals surface area (Å²) in [7, 11) is 1.37. The van der Waals surface area contributed by atoms with Gasteiger partial charge in [0, 0.05) is 12.6 Å². The van der Waals surface area contributed by atoms with E-state index in [9.17, 15) is 13.6 Å². The molecule has 0 fully saturated rings. The third-order valence-electron chi connectivity index (χ3n) is 1.71. The van der Waals surface area contributed by atoms with E-state index in [-0.39, 0.29) is 5.56 Å². The number of benzene rings is 1. The van der Waals surface area contributed by atoms with Gasteiger partial charge >= 0.3 is 0 Å². The second-order valence-corrected chi connectivity index (χ2v) is 3.08. The highest BCUT2D eigenvalue weighted by Crippen LogP contribution is 2.24. The SMILES string of the molecule is CNC(=O)C(Cl)c1cc(F)ccc1F. The topological polar surface area (TPSA) is 29.1 Å². The zero-order chi connectivity index (χ0) is 10.7. The van der Waals surface area contributed by atoms with Crippen LogP contribution < -0.4 is 5.32 Å². The first kappa shape index (κ1) is 10.9. The smallest absolute Gasteiger partial charge is 0.242 e. The highest BCUT2D eigenvalue weighted by atomic mass is 35.5. The van der Waals surface area contributed by atoms with E-state index in [1.165, 1.54) is 7.05 Å². The molecule has 0 aromatic heterocycles. The first-order valence-corrected chi connectivity index (χ1v) is 4.30. The van der Waals surface area contributed by atoms with E-state index in [2.05, 4.69) is 5.32 Å². The maximum absolute atomic E-state index is 13.1. The number of amides is 1. The van der Waals surface area contributed by atoms with Crippen LogP contribution in [-0.2, 0) is 4.79 Å². The normalized spacial score (nSPS) is 12.3. The Morgan fingerprint density at radius 1 is 1.50 bits per heavy atom. The van der Waals surface area contributed by atoms with Crippen molar-refractivity contribution in [3.63, 3.8) is 0 Å².